The van der Waals surface area contributed by atoms with Crippen molar-refractivity contribution in [3.05, 3.63) is 29.8 Å². The zero-order chi connectivity index (χ0) is 14.3. The summed E-state index contributed by atoms with van der Waals surface area (Å²) in [5.41, 5.74) is 1.01. The molecule has 0 saturated heterocycles. The molecule has 0 aliphatic carbocycles. The summed E-state index contributed by atoms with van der Waals surface area (Å²) in [6.07, 6.45) is -1.74. The summed E-state index contributed by atoms with van der Waals surface area (Å²) in [6, 6.07) is 6.47. The van der Waals surface area contributed by atoms with Gasteiger partial charge in [-0.15, -0.1) is 13.2 Å². The van der Waals surface area contributed by atoms with E-state index in [0.717, 1.165) is 31.4 Å². The molecule has 1 unspecified atom stereocenters. The molecule has 0 aliphatic heterocycles. The molecule has 0 aliphatic rings. The van der Waals surface area contributed by atoms with Crippen LogP contribution in [0, 0.1) is 0 Å². The molecular formula is C14H20F3NO. The molecule has 1 N–H and O–H groups in total. The number of ether oxygens (including phenoxy) is 1. The average molecular weight is 275 g/mol. The topological polar surface area (TPSA) is 21.3 Å². The highest BCUT2D eigenvalue weighted by molar-refractivity contribution is 5.27. The molecule has 0 heterocycles. The van der Waals surface area contributed by atoms with Crippen molar-refractivity contribution in [2.45, 2.75) is 45.5 Å². The molecule has 1 atom stereocenters. The van der Waals surface area contributed by atoms with E-state index in [1.54, 1.807) is 12.1 Å². The lowest BCUT2D eigenvalue weighted by molar-refractivity contribution is -0.274. The van der Waals surface area contributed by atoms with E-state index in [0.29, 0.717) is 6.04 Å². The van der Waals surface area contributed by atoms with Crippen LogP contribution >= 0.6 is 0 Å². The largest absolute Gasteiger partial charge is 0.573 e. The number of nitrogens with one attached hydrogen (secondary N) is 1. The smallest absolute Gasteiger partial charge is 0.406 e. The van der Waals surface area contributed by atoms with E-state index in [9.17, 15) is 13.2 Å². The molecule has 0 fully saturated rings. The molecule has 0 radical (unpaired) electrons. The van der Waals surface area contributed by atoms with Gasteiger partial charge in [-0.25, -0.2) is 0 Å². The van der Waals surface area contributed by atoms with Gasteiger partial charge in [-0.05, 0) is 50.4 Å². The maximum Gasteiger partial charge on any atom is 0.573 e. The first kappa shape index (κ1) is 15.8. The Balaban J connectivity index is 2.40. The summed E-state index contributed by atoms with van der Waals surface area (Å²) < 4.78 is 39.8. The Labute approximate surface area is 112 Å². The maximum absolute atomic E-state index is 12.0. The molecule has 0 aromatic heterocycles. The van der Waals surface area contributed by atoms with Crippen LogP contribution in [0.3, 0.4) is 0 Å². The lowest BCUT2D eigenvalue weighted by Gasteiger charge is -2.13. The minimum atomic E-state index is -4.62. The standard InChI is InChI=1S/C14H20F3NO/c1-3-10-18-11(2)4-5-12-6-8-13(9-7-12)19-14(15,16)17/h6-9,11,18H,3-5,10H2,1-2H3. The first-order valence-corrected chi connectivity index (χ1v) is 6.49. The van der Waals surface area contributed by atoms with E-state index in [4.69, 9.17) is 0 Å². The van der Waals surface area contributed by atoms with Gasteiger partial charge in [-0.1, -0.05) is 19.1 Å². The van der Waals surface area contributed by atoms with Crippen molar-refractivity contribution in [3.8, 4) is 5.75 Å². The summed E-state index contributed by atoms with van der Waals surface area (Å²) in [5.74, 6) is -0.173. The number of alkyl halides is 3. The second-order valence-corrected chi connectivity index (χ2v) is 4.59. The number of benzene rings is 1. The minimum absolute atomic E-state index is 0.173. The summed E-state index contributed by atoms with van der Waals surface area (Å²) in [7, 11) is 0. The van der Waals surface area contributed by atoms with E-state index in [-0.39, 0.29) is 5.75 Å². The SMILES string of the molecule is CCCNC(C)CCc1ccc(OC(F)(F)F)cc1. The van der Waals surface area contributed by atoms with Crippen molar-refractivity contribution >= 4 is 0 Å². The number of hydrogen-bond acceptors (Lipinski definition) is 2. The molecule has 0 amide bonds. The molecule has 19 heavy (non-hydrogen) atoms. The van der Waals surface area contributed by atoms with Crippen LogP contribution in [0.2, 0.25) is 0 Å². The number of halogens is 3. The second kappa shape index (κ2) is 7.38. The Bertz CT molecular complexity index is 362. The van der Waals surface area contributed by atoms with Crippen molar-refractivity contribution < 1.29 is 17.9 Å². The predicted octanol–water partition coefficient (Wildman–Crippen LogP) is 3.91. The Hall–Kier alpha value is -1.23. The third-order valence-corrected chi connectivity index (χ3v) is 2.77. The van der Waals surface area contributed by atoms with Crippen LogP contribution in [0.1, 0.15) is 32.3 Å². The lowest BCUT2D eigenvalue weighted by Crippen LogP contribution is -2.27. The first-order valence-electron chi connectivity index (χ1n) is 6.49. The molecule has 108 valence electrons. The van der Waals surface area contributed by atoms with Crippen LogP contribution in [0.4, 0.5) is 13.2 Å². The van der Waals surface area contributed by atoms with Crippen molar-refractivity contribution in [3.63, 3.8) is 0 Å². The van der Waals surface area contributed by atoms with Gasteiger partial charge in [0.2, 0.25) is 0 Å². The Morgan fingerprint density at radius 1 is 1.21 bits per heavy atom. The fourth-order valence-corrected chi connectivity index (χ4v) is 1.73. The molecule has 1 aromatic carbocycles. The van der Waals surface area contributed by atoms with Crippen LogP contribution in [0.25, 0.3) is 0 Å². The van der Waals surface area contributed by atoms with Gasteiger partial charge in [0.05, 0.1) is 0 Å². The predicted molar refractivity (Wildman–Crippen MR) is 69.2 cm³/mol. The summed E-state index contributed by atoms with van der Waals surface area (Å²) in [5, 5.41) is 3.37. The van der Waals surface area contributed by atoms with E-state index in [2.05, 4.69) is 23.9 Å². The van der Waals surface area contributed by atoms with Crippen LogP contribution in [-0.2, 0) is 6.42 Å². The van der Waals surface area contributed by atoms with Gasteiger partial charge in [0.25, 0.3) is 0 Å². The van der Waals surface area contributed by atoms with Crippen molar-refractivity contribution in [1.29, 1.82) is 0 Å². The van der Waals surface area contributed by atoms with Crippen molar-refractivity contribution in [2.24, 2.45) is 0 Å². The van der Waals surface area contributed by atoms with Crippen LogP contribution < -0.4 is 10.1 Å². The normalized spacial score (nSPS) is 13.3. The van der Waals surface area contributed by atoms with Crippen LogP contribution in [0.15, 0.2) is 24.3 Å². The maximum atomic E-state index is 12.0. The van der Waals surface area contributed by atoms with E-state index < -0.39 is 6.36 Å². The third-order valence-electron chi connectivity index (χ3n) is 2.77. The van der Waals surface area contributed by atoms with Gasteiger partial charge in [-0.3, -0.25) is 0 Å². The van der Waals surface area contributed by atoms with Crippen molar-refractivity contribution in [1.82, 2.24) is 5.32 Å². The molecule has 0 saturated carbocycles. The van der Waals surface area contributed by atoms with E-state index in [1.807, 2.05) is 0 Å². The molecular weight excluding hydrogens is 255 g/mol. The van der Waals surface area contributed by atoms with Gasteiger partial charge in [0, 0.05) is 6.04 Å². The highest BCUT2D eigenvalue weighted by Gasteiger charge is 2.30. The Kier molecular flexibility index (Phi) is 6.15. The zero-order valence-electron chi connectivity index (χ0n) is 11.3. The fourth-order valence-electron chi connectivity index (χ4n) is 1.73. The summed E-state index contributed by atoms with van der Waals surface area (Å²) in [6.45, 7) is 5.20. The number of aryl methyl sites for hydroxylation is 1. The van der Waals surface area contributed by atoms with Gasteiger partial charge in [-0.2, -0.15) is 0 Å². The molecule has 5 heteroatoms. The Morgan fingerprint density at radius 2 is 1.84 bits per heavy atom. The molecule has 1 rings (SSSR count). The van der Waals surface area contributed by atoms with Crippen molar-refractivity contribution in [2.75, 3.05) is 6.54 Å². The number of rotatable bonds is 7. The molecule has 2 nitrogen and oxygen atoms in total. The van der Waals surface area contributed by atoms with E-state index in [1.165, 1.54) is 12.1 Å². The average Bonchev–Trinajstić information content (AvgIpc) is 2.33. The van der Waals surface area contributed by atoms with E-state index >= 15 is 0 Å². The highest BCUT2D eigenvalue weighted by atomic mass is 19.4. The third kappa shape index (κ3) is 7.06. The monoisotopic (exact) mass is 275 g/mol. The zero-order valence-corrected chi connectivity index (χ0v) is 11.3. The highest BCUT2D eigenvalue weighted by Crippen LogP contribution is 2.23. The second-order valence-electron chi connectivity index (χ2n) is 4.59. The van der Waals surface area contributed by atoms with Gasteiger partial charge >= 0.3 is 6.36 Å². The summed E-state index contributed by atoms with van der Waals surface area (Å²) in [4.78, 5) is 0. The fraction of sp³-hybridized carbons (Fsp3) is 0.571. The van der Waals surface area contributed by atoms with Gasteiger partial charge in [0.1, 0.15) is 5.75 Å². The molecule has 1 aromatic rings. The summed E-state index contributed by atoms with van der Waals surface area (Å²) >= 11 is 0. The van der Waals surface area contributed by atoms with Crippen LogP contribution in [-0.4, -0.2) is 18.9 Å². The quantitative estimate of drug-likeness (QED) is 0.814. The first-order chi connectivity index (χ1) is 8.90. The number of hydrogen-bond donors (Lipinski definition) is 1. The molecule has 0 spiro atoms. The van der Waals surface area contributed by atoms with Gasteiger partial charge < -0.3 is 10.1 Å². The lowest BCUT2D eigenvalue weighted by atomic mass is 10.1. The van der Waals surface area contributed by atoms with Crippen LogP contribution in [0.5, 0.6) is 5.75 Å². The van der Waals surface area contributed by atoms with Gasteiger partial charge in [0.15, 0.2) is 0 Å². The Morgan fingerprint density at radius 3 is 2.37 bits per heavy atom. The molecule has 0 bridgehead atoms. The minimum Gasteiger partial charge on any atom is -0.406 e.